The second-order valence-corrected chi connectivity index (χ2v) is 4.39. The molecule has 4 nitrogen and oxygen atoms in total. The first-order chi connectivity index (χ1) is 9.20. The standard InChI is InChI=1S/C15H17N3O/c1-11-5-6-17-9-14(11)10-18-15(19)13-4-2-3-12(7-13)8-16/h2-7,9H,8,10,16H2,1H3,(H,18,19). The highest BCUT2D eigenvalue weighted by Crippen LogP contribution is 2.07. The van der Waals surface area contributed by atoms with Gasteiger partial charge in [0, 0.05) is 31.0 Å². The van der Waals surface area contributed by atoms with Crippen molar-refractivity contribution in [2.24, 2.45) is 5.73 Å². The molecule has 0 spiro atoms. The van der Waals surface area contributed by atoms with Crippen molar-refractivity contribution in [3.63, 3.8) is 0 Å². The number of aromatic nitrogens is 1. The van der Waals surface area contributed by atoms with Gasteiger partial charge in [0.1, 0.15) is 0 Å². The van der Waals surface area contributed by atoms with Crippen molar-refractivity contribution in [2.75, 3.05) is 0 Å². The molecule has 0 aliphatic carbocycles. The van der Waals surface area contributed by atoms with Crippen LogP contribution in [0.25, 0.3) is 0 Å². The van der Waals surface area contributed by atoms with E-state index in [1.165, 1.54) is 0 Å². The van der Waals surface area contributed by atoms with E-state index in [1.54, 1.807) is 18.5 Å². The number of nitrogens with two attached hydrogens (primary N) is 1. The highest BCUT2D eigenvalue weighted by atomic mass is 16.1. The van der Waals surface area contributed by atoms with E-state index in [-0.39, 0.29) is 5.91 Å². The number of amides is 1. The third-order valence-electron chi connectivity index (χ3n) is 3.01. The smallest absolute Gasteiger partial charge is 0.251 e. The minimum atomic E-state index is -0.0986. The number of pyridine rings is 1. The van der Waals surface area contributed by atoms with Crippen LogP contribution in [0.5, 0.6) is 0 Å². The minimum absolute atomic E-state index is 0.0986. The summed E-state index contributed by atoms with van der Waals surface area (Å²) in [4.78, 5) is 16.1. The average Bonchev–Trinajstić information content (AvgIpc) is 2.46. The molecule has 98 valence electrons. The summed E-state index contributed by atoms with van der Waals surface area (Å²) in [5, 5.41) is 2.89. The van der Waals surface area contributed by atoms with Gasteiger partial charge in [0.2, 0.25) is 0 Å². The molecule has 0 saturated heterocycles. The molecule has 0 radical (unpaired) electrons. The Balaban J connectivity index is 2.03. The number of hydrogen-bond acceptors (Lipinski definition) is 3. The lowest BCUT2D eigenvalue weighted by Crippen LogP contribution is -2.23. The summed E-state index contributed by atoms with van der Waals surface area (Å²) >= 11 is 0. The highest BCUT2D eigenvalue weighted by molar-refractivity contribution is 5.94. The Kier molecular flexibility index (Phi) is 4.26. The molecule has 4 heteroatoms. The Morgan fingerprint density at radius 1 is 1.37 bits per heavy atom. The van der Waals surface area contributed by atoms with Crippen molar-refractivity contribution in [3.8, 4) is 0 Å². The SMILES string of the molecule is Cc1ccncc1CNC(=O)c1cccc(CN)c1. The molecular formula is C15H17N3O. The first-order valence-electron chi connectivity index (χ1n) is 6.17. The minimum Gasteiger partial charge on any atom is -0.348 e. The van der Waals surface area contributed by atoms with Gasteiger partial charge < -0.3 is 11.1 Å². The van der Waals surface area contributed by atoms with Crippen molar-refractivity contribution < 1.29 is 4.79 Å². The Morgan fingerprint density at radius 3 is 2.95 bits per heavy atom. The molecule has 3 N–H and O–H groups in total. The van der Waals surface area contributed by atoms with E-state index < -0.39 is 0 Å². The fraction of sp³-hybridized carbons (Fsp3) is 0.200. The third-order valence-corrected chi connectivity index (χ3v) is 3.01. The molecule has 19 heavy (non-hydrogen) atoms. The third kappa shape index (κ3) is 3.39. The second kappa shape index (κ2) is 6.11. The van der Waals surface area contributed by atoms with Gasteiger partial charge in [-0.1, -0.05) is 12.1 Å². The Bertz CT molecular complexity index is 581. The maximum atomic E-state index is 12.0. The zero-order chi connectivity index (χ0) is 13.7. The lowest BCUT2D eigenvalue weighted by Gasteiger charge is -2.08. The zero-order valence-electron chi connectivity index (χ0n) is 10.9. The second-order valence-electron chi connectivity index (χ2n) is 4.39. The lowest BCUT2D eigenvalue weighted by atomic mass is 10.1. The molecule has 2 aromatic rings. The van der Waals surface area contributed by atoms with Gasteiger partial charge in [0.25, 0.3) is 5.91 Å². The van der Waals surface area contributed by atoms with Gasteiger partial charge in [0.05, 0.1) is 0 Å². The number of carbonyl (C=O) groups is 1. The van der Waals surface area contributed by atoms with Gasteiger partial charge in [-0.25, -0.2) is 0 Å². The lowest BCUT2D eigenvalue weighted by molar-refractivity contribution is 0.0951. The van der Waals surface area contributed by atoms with Crippen LogP contribution in [0.4, 0.5) is 0 Å². The van der Waals surface area contributed by atoms with Crippen molar-refractivity contribution in [1.29, 1.82) is 0 Å². The van der Waals surface area contributed by atoms with Gasteiger partial charge in [0.15, 0.2) is 0 Å². The number of benzene rings is 1. The van der Waals surface area contributed by atoms with Crippen molar-refractivity contribution in [3.05, 3.63) is 65.0 Å². The Labute approximate surface area is 112 Å². The van der Waals surface area contributed by atoms with Crippen LogP contribution in [-0.2, 0) is 13.1 Å². The van der Waals surface area contributed by atoms with E-state index >= 15 is 0 Å². The number of rotatable bonds is 4. The summed E-state index contributed by atoms with van der Waals surface area (Å²) in [6, 6.07) is 9.26. The van der Waals surface area contributed by atoms with Crippen LogP contribution in [-0.4, -0.2) is 10.9 Å². The fourth-order valence-corrected chi connectivity index (χ4v) is 1.80. The molecule has 0 atom stereocenters. The van der Waals surface area contributed by atoms with E-state index in [0.29, 0.717) is 18.7 Å². The first kappa shape index (κ1) is 13.2. The number of nitrogens with zero attached hydrogens (tertiary/aromatic N) is 1. The molecule has 1 aromatic carbocycles. The molecule has 0 saturated carbocycles. The van der Waals surface area contributed by atoms with Crippen LogP contribution in [0.1, 0.15) is 27.0 Å². The summed E-state index contributed by atoms with van der Waals surface area (Å²) in [6.07, 6.45) is 3.51. The molecule has 0 aliphatic rings. The molecular weight excluding hydrogens is 238 g/mol. The van der Waals surface area contributed by atoms with Crippen LogP contribution >= 0.6 is 0 Å². The maximum Gasteiger partial charge on any atom is 0.251 e. The molecule has 0 unspecified atom stereocenters. The first-order valence-corrected chi connectivity index (χ1v) is 6.17. The summed E-state index contributed by atoms with van der Waals surface area (Å²) in [6.45, 7) is 2.91. The van der Waals surface area contributed by atoms with Crippen molar-refractivity contribution in [2.45, 2.75) is 20.0 Å². The van der Waals surface area contributed by atoms with Crippen LogP contribution < -0.4 is 11.1 Å². The number of aryl methyl sites for hydroxylation is 1. The molecule has 1 aromatic heterocycles. The summed E-state index contributed by atoms with van der Waals surface area (Å²) < 4.78 is 0. The monoisotopic (exact) mass is 255 g/mol. The van der Waals surface area contributed by atoms with E-state index in [1.807, 2.05) is 31.2 Å². The molecule has 0 bridgehead atoms. The number of nitrogens with one attached hydrogen (secondary N) is 1. The zero-order valence-corrected chi connectivity index (χ0v) is 10.9. The maximum absolute atomic E-state index is 12.0. The van der Waals surface area contributed by atoms with E-state index in [9.17, 15) is 4.79 Å². The largest absolute Gasteiger partial charge is 0.348 e. The molecule has 2 rings (SSSR count). The van der Waals surface area contributed by atoms with E-state index in [0.717, 1.165) is 16.7 Å². The van der Waals surface area contributed by atoms with E-state index in [4.69, 9.17) is 5.73 Å². The van der Waals surface area contributed by atoms with Gasteiger partial charge in [-0.2, -0.15) is 0 Å². The van der Waals surface area contributed by atoms with Crippen LogP contribution in [0.15, 0.2) is 42.7 Å². The highest BCUT2D eigenvalue weighted by Gasteiger charge is 2.06. The van der Waals surface area contributed by atoms with Gasteiger partial charge in [-0.05, 0) is 41.8 Å². The Morgan fingerprint density at radius 2 is 2.21 bits per heavy atom. The predicted octanol–water partition coefficient (Wildman–Crippen LogP) is 1.78. The van der Waals surface area contributed by atoms with Crippen LogP contribution in [0, 0.1) is 6.92 Å². The van der Waals surface area contributed by atoms with Gasteiger partial charge in [-0.3, -0.25) is 9.78 Å². The summed E-state index contributed by atoms with van der Waals surface area (Å²) in [5.74, 6) is -0.0986. The fourth-order valence-electron chi connectivity index (χ4n) is 1.80. The molecule has 1 amide bonds. The van der Waals surface area contributed by atoms with Crippen molar-refractivity contribution >= 4 is 5.91 Å². The van der Waals surface area contributed by atoms with Crippen LogP contribution in [0.2, 0.25) is 0 Å². The van der Waals surface area contributed by atoms with Crippen LogP contribution in [0.3, 0.4) is 0 Å². The Hall–Kier alpha value is -2.20. The van der Waals surface area contributed by atoms with Crippen molar-refractivity contribution in [1.82, 2.24) is 10.3 Å². The van der Waals surface area contributed by atoms with Gasteiger partial charge >= 0.3 is 0 Å². The number of hydrogen-bond donors (Lipinski definition) is 2. The summed E-state index contributed by atoms with van der Waals surface area (Å²) in [5.41, 5.74) is 9.28. The summed E-state index contributed by atoms with van der Waals surface area (Å²) in [7, 11) is 0. The quantitative estimate of drug-likeness (QED) is 0.875. The molecule has 1 heterocycles. The topological polar surface area (TPSA) is 68.0 Å². The molecule has 0 fully saturated rings. The predicted molar refractivity (Wildman–Crippen MR) is 74.5 cm³/mol. The van der Waals surface area contributed by atoms with Gasteiger partial charge in [-0.15, -0.1) is 0 Å². The average molecular weight is 255 g/mol. The number of carbonyl (C=O) groups excluding carboxylic acids is 1. The molecule has 0 aliphatic heterocycles. The van der Waals surface area contributed by atoms with E-state index in [2.05, 4.69) is 10.3 Å². The normalized spacial score (nSPS) is 10.2.